The summed E-state index contributed by atoms with van der Waals surface area (Å²) in [5.74, 6) is 6.27. The minimum Gasteiger partial charge on any atom is -0.161 e. The zero-order chi connectivity index (χ0) is 9.07. The third kappa shape index (κ3) is 11.3. The highest BCUT2D eigenvalue weighted by molar-refractivity contribution is 7.99. The SMILES string of the molecule is ClCCSCCCCSCCCl. The van der Waals surface area contributed by atoms with Gasteiger partial charge in [0.25, 0.3) is 0 Å². The van der Waals surface area contributed by atoms with E-state index in [1.54, 1.807) is 0 Å². The molecule has 0 amide bonds. The highest BCUT2D eigenvalue weighted by Crippen LogP contribution is 2.09. The lowest BCUT2D eigenvalue weighted by molar-refractivity contribution is 0.907. The molecule has 0 rings (SSSR count). The van der Waals surface area contributed by atoms with Crippen molar-refractivity contribution in [2.45, 2.75) is 12.8 Å². The molecule has 0 saturated carbocycles. The van der Waals surface area contributed by atoms with Crippen molar-refractivity contribution in [1.29, 1.82) is 0 Å². The average molecular weight is 247 g/mol. The van der Waals surface area contributed by atoms with Crippen LogP contribution in [-0.4, -0.2) is 34.8 Å². The summed E-state index contributed by atoms with van der Waals surface area (Å²) in [4.78, 5) is 0. The highest BCUT2D eigenvalue weighted by Gasteiger charge is 1.90. The number of hydrogen-bond donors (Lipinski definition) is 0. The first-order chi connectivity index (χ1) is 5.91. The van der Waals surface area contributed by atoms with Crippen molar-refractivity contribution in [2.75, 3.05) is 34.8 Å². The molecular formula is C8H16Cl2S2. The van der Waals surface area contributed by atoms with E-state index < -0.39 is 0 Å². The lowest BCUT2D eigenvalue weighted by Crippen LogP contribution is -1.88. The maximum atomic E-state index is 5.54. The molecule has 0 bridgehead atoms. The Kier molecular flexibility index (Phi) is 13.6. The molecule has 0 atom stereocenters. The van der Waals surface area contributed by atoms with Crippen LogP contribution < -0.4 is 0 Å². The van der Waals surface area contributed by atoms with E-state index in [-0.39, 0.29) is 0 Å². The normalized spacial score (nSPS) is 10.5. The van der Waals surface area contributed by atoms with Crippen LogP contribution in [0.5, 0.6) is 0 Å². The third-order valence-electron chi connectivity index (χ3n) is 1.27. The van der Waals surface area contributed by atoms with Gasteiger partial charge in [-0.25, -0.2) is 0 Å². The van der Waals surface area contributed by atoms with E-state index >= 15 is 0 Å². The van der Waals surface area contributed by atoms with Crippen LogP contribution in [0.1, 0.15) is 12.8 Å². The van der Waals surface area contributed by atoms with Crippen LogP contribution >= 0.6 is 46.7 Å². The van der Waals surface area contributed by atoms with Crippen LogP contribution in [0.15, 0.2) is 0 Å². The maximum Gasteiger partial charge on any atom is 0.0314 e. The van der Waals surface area contributed by atoms with Crippen LogP contribution in [0.3, 0.4) is 0 Å². The molecule has 0 heterocycles. The van der Waals surface area contributed by atoms with Gasteiger partial charge in [-0.15, -0.1) is 23.2 Å². The van der Waals surface area contributed by atoms with Gasteiger partial charge in [-0.3, -0.25) is 0 Å². The molecule has 74 valence electrons. The monoisotopic (exact) mass is 246 g/mol. The molecule has 0 aromatic heterocycles. The van der Waals surface area contributed by atoms with E-state index in [0.29, 0.717) is 0 Å². The van der Waals surface area contributed by atoms with Gasteiger partial charge in [0.2, 0.25) is 0 Å². The molecule has 0 fully saturated rings. The van der Waals surface area contributed by atoms with Crippen LogP contribution in [-0.2, 0) is 0 Å². The van der Waals surface area contributed by atoms with Crippen LogP contribution in [0.25, 0.3) is 0 Å². The van der Waals surface area contributed by atoms with Crippen molar-refractivity contribution in [3.05, 3.63) is 0 Å². The first-order valence-electron chi connectivity index (χ1n) is 4.19. The lowest BCUT2D eigenvalue weighted by Gasteiger charge is -1.99. The number of unbranched alkanes of at least 4 members (excludes halogenated alkanes) is 1. The average Bonchev–Trinajstić information content (AvgIpc) is 2.10. The summed E-state index contributed by atoms with van der Waals surface area (Å²) in [5.41, 5.74) is 0. The van der Waals surface area contributed by atoms with Crippen molar-refractivity contribution in [1.82, 2.24) is 0 Å². The minimum atomic E-state index is 0.783. The van der Waals surface area contributed by atoms with Gasteiger partial charge in [0.15, 0.2) is 0 Å². The van der Waals surface area contributed by atoms with Gasteiger partial charge in [-0.1, -0.05) is 0 Å². The van der Waals surface area contributed by atoms with Gasteiger partial charge in [0, 0.05) is 23.3 Å². The lowest BCUT2D eigenvalue weighted by atomic mass is 10.4. The number of rotatable bonds is 9. The molecule has 0 nitrogen and oxygen atoms in total. The Morgan fingerprint density at radius 2 is 1.08 bits per heavy atom. The smallest absolute Gasteiger partial charge is 0.0314 e. The van der Waals surface area contributed by atoms with E-state index in [0.717, 1.165) is 23.3 Å². The molecule has 0 aromatic rings. The fraction of sp³-hybridized carbons (Fsp3) is 1.00. The number of alkyl halides is 2. The van der Waals surface area contributed by atoms with Crippen molar-refractivity contribution in [3.8, 4) is 0 Å². The van der Waals surface area contributed by atoms with Crippen LogP contribution in [0.4, 0.5) is 0 Å². The van der Waals surface area contributed by atoms with E-state index in [9.17, 15) is 0 Å². The topological polar surface area (TPSA) is 0 Å². The highest BCUT2D eigenvalue weighted by atomic mass is 35.5. The summed E-state index contributed by atoms with van der Waals surface area (Å²) in [7, 11) is 0. The minimum absolute atomic E-state index is 0.783. The van der Waals surface area contributed by atoms with Crippen LogP contribution in [0, 0.1) is 0 Å². The molecule has 0 spiro atoms. The molecule has 0 aromatic carbocycles. The Balaban J connectivity index is 2.73. The van der Waals surface area contributed by atoms with E-state index in [4.69, 9.17) is 23.2 Å². The second kappa shape index (κ2) is 12.3. The number of thioether (sulfide) groups is 2. The Bertz CT molecular complexity index is 71.5. The fourth-order valence-corrected chi connectivity index (χ4v) is 2.82. The first kappa shape index (κ1) is 13.3. The molecule has 0 aliphatic carbocycles. The van der Waals surface area contributed by atoms with E-state index in [1.165, 1.54) is 24.3 Å². The van der Waals surface area contributed by atoms with Gasteiger partial charge >= 0.3 is 0 Å². The zero-order valence-corrected chi connectivity index (χ0v) is 10.4. The standard InChI is InChI=1S/C8H16Cl2S2/c9-3-7-11-5-1-2-6-12-8-4-10/h1-8H2. The van der Waals surface area contributed by atoms with Crippen molar-refractivity contribution in [3.63, 3.8) is 0 Å². The van der Waals surface area contributed by atoms with Crippen molar-refractivity contribution < 1.29 is 0 Å². The Morgan fingerprint density at radius 1 is 0.667 bits per heavy atom. The molecule has 0 radical (unpaired) electrons. The number of halogens is 2. The maximum absolute atomic E-state index is 5.54. The second-order valence-electron chi connectivity index (χ2n) is 2.31. The number of hydrogen-bond acceptors (Lipinski definition) is 2. The predicted octanol–water partition coefficient (Wildman–Crippen LogP) is 3.71. The van der Waals surface area contributed by atoms with Gasteiger partial charge in [0.05, 0.1) is 0 Å². The van der Waals surface area contributed by atoms with Crippen molar-refractivity contribution >= 4 is 46.7 Å². The molecule has 12 heavy (non-hydrogen) atoms. The molecule has 0 aliphatic heterocycles. The predicted molar refractivity (Wildman–Crippen MR) is 65.3 cm³/mol. The summed E-state index contributed by atoms with van der Waals surface area (Å²) in [6.45, 7) is 0. The fourth-order valence-electron chi connectivity index (χ4n) is 0.721. The van der Waals surface area contributed by atoms with Gasteiger partial charge in [0.1, 0.15) is 0 Å². The van der Waals surface area contributed by atoms with Gasteiger partial charge in [-0.05, 0) is 24.3 Å². The summed E-state index contributed by atoms with van der Waals surface area (Å²) in [6.07, 6.45) is 2.63. The van der Waals surface area contributed by atoms with E-state index in [1.807, 2.05) is 23.5 Å². The Labute approximate surface area is 94.1 Å². The first-order valence-corrected chi connectivity index (χ1v) is 7.57. The molecular weight excluding hydrogens is 231 g/mol. The van der Waals surface area contributed by atoms with Crippen LogP contribution in [0.2, 0.25) is 0 Å². The summed E-state index contributed by atoms with van der Waals surface area (Å²) < 4.78 is 0. The van der Waals surface area contributed by atoms with Gasteiger partial charge in [-0.2, -0.15) is 23.5 Å². The van der Waals surface area contributed by atoms with E-state index in [2.05, 4.69) is 0 Å². The molecule has 0 saturated heterocycles. The Hall–Kier alpha value is 1.28. The molecule has 0 unspecified atom stereocenters. The summed E-state index contributed by atoms with van der Waals surface area (Å²) >= 11 is 15.0. The Morgan fingerprint density at radius 3 is 1.42 bits per heavy atom. The van der Waals surface area contributed by atoms with Crippen molar-refractivity contribution in [2.24, 2.45) is 0 Å². The summed E-state index contributed by atoms with van der Waals surface area (Å²) in [5, 5.41) is 0. The molecule has 0 N–H and O–H groups in total. The molecule has 0 aliphatic rings. The second-order valence-corrected chi connectivity index (χ2v) is 5.52. The largest absolute Gasteiger partial charge is 0.161 e. The third-order valence-corrected chi connectivity index (χ3v) is 4.24. The summed E-state index contributed by atoms with van der Waals surface area (Å²) in [6, 6.07) is 0. The zero-order valence-electron chi connectivity index (χ0n) is 7.23. The molecule has 4 heteroatoms. The quantitative estimate of drug-likeness (QED) is 0.450. The van der Waals surface area contributed by atoms with Gasteiger partial charge < -0.3 is 0 Å².